The van der Waals surface area contributed by atoms with Crippen LogP contribution in [0.5, 0.6) is 5.75 Å². The maximum absolute atomic E-state index is 11.7. The zero-order chi connectivity index (χ0) is 18.1. The Bertz CT molecular complexity index is 817. The number of nitrogens with zero attached hydrogens (tertiary/aromatic N) is 2. The molecule has 136 valence electrons. The number of thioether (sulfide) groups is 1. The van der Waals surface area contributed by atoms with E-state index in [1.54, 1.807) is 7.11 Å². The Hall–Kier alpha value is -1.98. The van der Waals surface area contributed by atoms with E-state index in [0.29, 0.717) is 6.54 Å². The SMILES string of the molecule is CCc1ccc(N2C[C@@](O)(c3ccc(OC)cc3)[N+]3=C2SCCC3)cc1. The molecule has 0 spiro atoms. The zero-order valence-corrected chi connectivity index (χ0v) is 16.1. The van der Waals surface area contributed by atoms with Crippen LogP contribution in [0, 0.1) is 0 Å². The molecule has 0 fully saturated rings. The molecule has 1 atom stereocenters. The predicted octanol–water partition coefficient (Wildman–Crippen LogP) is 3.43. The Morgan fingerprint density at radius 1 is 1.15 bits per heavy atom. The minimum absolute atomic E-state index is 0.535. The first-order valence-electron chi connectivity index (χ1n) is 9.16. The van der Waals surface area contributed by atoms with Crippen molar-refractivity contribution in [3.05, 3.63) is 59.7 Å². The molecule has 0 radical (unpaired) electrons. The topological polar surface area (TPSA) is 35.7 Å². The summed E-state index contributed by atoms with van der Waals surface area (Å²) < 4.78 is 7.43. The van der Waals surface area contributed by atoms with E-state index in [4.69, 9.17) is 4.74 Å². The third-order valence-corrected chi connectivity index (χ3v) is 6.44. The van der Waals surface area contributed by atoms with Gasteiger partial charge in [0.15, 0.2) is 6.54 Å². The molecule has 2 aliphatic rings. The molecule has 0 bridgehead atoms. The standard InChI is InChI=1S/C21H25N2O2S/c1-3-16-5-9-18(10-6-16)22-15-21(24,23-13-4-14-26-20(22)23)17-7-11-19(25-2)12-8-17/h5-12,24H,3-4,13-15H2,1-2H3/q+1/t21-/m1/s1. The molecule has 1 N–H and O–H groups in total. The van der Waals surface area contributed by atoms with Crippen molar-refractivity contribution in [3.8, 4) is 5.75 Å². The summed E-state index contributed by atoms with van der Waals surface area (Å²) in [5.74, 6) is 1.90. The number of methoxy groups -OCH3 is 1. The second-order valence-corrected chi connectivity index (χ2v) is 7.85. The molecule has 0 aromatic heterocycles. The molecular weight excluding hydrogens is 344 g/mol. The molecule has 0 saturated carbocycles. The first kappa shape index (κ1) is 17.4. The largest absolute Gasteiger partial charge is 0.497 e. The molecule has 2 aliphatic heterocycles. The normalized spacial score (nSPS) is 22.5. The van der Waals surface area contributed by atoms with Crippen molar-refractivity contribution in [1.29, 1.82) is 0 Å². The number of anilines is 1. The lowest BCUT2D eigenvalue weighted by Gasteiger charge is -2.24. The van der Waals surface area contributed by atoms with E-state index < -0.39 is 5.72 Å². The molecule has 2 aromatic rings. The van der Waals surface area contributed by atoms with Crippen LogP contribution in [0.1, 0.15) is 24.5 Å². The van der Waals surface area contributed by atoms with Crippen LogP contribution in [0.3, 0.4) is 0 Å². The van der Waals surface area contributed by atoms with Gasteiger partial charge in [-0.2, -0.15) is 0 Å². The minimum Gasteiger partial charge on any atom is -0.497 e. The smallest absolute Gasteiger partial charge is 0.316 e. The highest BCUT2D eigenvalue weighted by molar-refractivity contribution is 8.13. The number of aliphatic hydroxyl groups is 1. The number of hydrogen-bond donors (Lipinski definition) is 1. The van der Waals surface area contributed by atoms with Crippen LogP contribution in [-0.4, -0.2) is 40.8 Å². The Balaban J connectivity index is 1.73. The highest BCUT2D eigenvalue weighted by Crippen LogP contribution is 2.38. The number of β-amino-alcohol motifs (C(OH)–C–C–N with tert-alkyl or cyclic N) is 1. The van der Waals surface area contributed by atoms with Crippen LogP contribution in [0.4, 0.5) is 5.69 Å². The summed E-state index contributed by atoms with van der Waals surface area (Å²) >= 11 is 1.84. The third kappa shape index (κ3) is 2.89. The number of amidine groups is 1. The summed E-state index contributed by atoms with van der Waals surface area (Å²) in [5, 5.41) is 12.8. The lowest BCUT2D eigenvalue weighted by molar-refractivity contribution is -0.656. The van der Waals surface area contributed by atoms with Gasteiger partial charge in [-0.1, -0.05) is 19.1 Å². The van der Waals surface area contributed by atoms with E-state index >= 15 is 0 Å². The number of hydrogen-bond acceptors (Lipinski definition) is 4. The van der Waals surface area contributed by atoms with Gasteiger partial charge in [0, 0.05) is 11.3 Å². The van der Waals surface area contributed by atoms with E-state index in [2.05, 4.69) is 40.7 Å². The summed E-state index contributed by atoms with van der Waals surface area (Å²) in [6.45, 7) is 3.57. The maximum atomic E-state index is 11.7. The van der Waals surface area contributed by atoms with Crippen LogP contribution in [0.25, 0.3) is 0 Å². The zero-order valence-electron chi connectivity index (χ0n) is 15.3. The van der Waals surface area contributed by atoms with Crippen LogP contribution in [0.15, 0.2) is 48.5 Å². The van der Waals surface area contributed by atoms with E-state index in [0.717, 1.165) is 47.3 Å². The number of ether oxygens (including phenoxy) is 1. The summed E-state index contributed by atoms with van der Waals surface area (Å²) in [7, 11) is 1.66. The molecule has 4 rings (SSSR count). The minimum atomic E-state index is -1.02. The van der Waals surface area contributed by atoms with Gasteiger partial charge >= 0.3 is 5.17 Å². The second kappa shape index (κ2) is 6.97. The van der Waals surface area contributed by atoms with Crippen LogP contribution in [0.2, 0.25) is 0 Å². The van der Waals surface area contributed by atoms with Crippen molar-refractivity contribution in [2.45, 2.75) is 25.5 Å². The van der Waals surface area contributed by atoms with E-state index in [-0.39, 0.29) is 0 Å². The van der Waals surface area contributed by atoms with Gasteiger partial charge in [0.05, 0.1) is 13.7 Å². The number of aryl methyl sites for hydroxylation is 1. The monoisotopic (exact) mass is 369 g/mol. The lowest BCUT2D eigenvalue weighted by Crippen LogP contribution is -2.41. The summed E-state index contributed by atoms with van der Waals surface area (Å²) in [5.41, 5.74) is 2.36. The average Bonchev–Trinajstić information content (AvgIpc) is 3.02. The molecule has 26 heavy (non-hydrogen) atoms. The summed E-state index contributed by atoms with van der Waals surface area (Å²) in [4.78, 5) is 2.26. The van der Waals surface area contributed by atoms with Crippen molar-refractivity contribution in [3.63, 3.8) is 0 Å². The molecule has 5 heteroatoms. The van der Waals surface area contributed by atoms with Crippen LogP contribution in [-0.2, 0) is 12.1 Å². The van der Waals surface area contributed by atoms with Gasteiger partial charge in [-0.15, -0.1) is 0 Å². The molecule has 2 aromatic carbocycles. The van der Waals surface area contributed by atoms with Gasteiger partial charge in [-0.3, -0.25) is 0 Å². The van der Waals surface area contributed by atoms with Gasteiger partial charge in [-0.05, 0) is 66.6 Å². The Kier molecular flexibility index (Phi) is 4.67. The Morgan fingerprint density at radius 3 is 2.54 bits per heavy atom. The van der Waals surface area contributed by atoms with Crippen molar-refractivity contribution < 1.29 is 14.4 Å². The van der Waals surface area contributed by atoms with Crippen molar-refractivity contribution in [1.82, 2.24) is 0 Å². The van der Waals surface area contributed by atoms with Gasteiger partial charge in [-0.25, -0.2) is 9.48 Å². The fourth-order valence-corrected chi connectivity index (χ4v) is 4.90. The van der Waals surface area contributed by atoms with Crippen molar-refractivity contribution in [2.24, 2.45) is 0 Å². The summed E-state index contributed by atoms with van der Waals surface area (Å²) in [6, 6.07) is 16.5. The number of benzene rings is 2. The average molecular weight is 370 g/mol. The van der Waals surface area contributed by atoms with Crippen molar-refractivity contribution >= 4 is 22.6 Å². The van der Waals surface area contributed by atoms with E-state index in [9.17, 15) is 5.11 Å². The fourth-order valence-electron chi connectivity index (χ4n) is 3.72. The Labute approximate surface area is 159 Å². The highest BCUT2D eigenvalue weighted by Gasteiger charge is 2.53. The molecule has 0 saturated heterocycles. The summed E-state index contributed by atoms with van der Waals surface area (Å²) in [6.07, 6.45) is 2.11. The van der Waals surface area contributed by atoms with Gasteiger partial charge in [0.25, 0.3) is 5.72 Å². The molecule has 0 unspecified atom stereocenters. The highest BCUT2D eigenvalue weighted by atomic mass is 32.2. The van der Waals surface area contributed by atoms with Crippen LogP contribution < -0.4 is 9.64 Å². The molecular formula is C21H25N2O2S+. The Morgan fingerprint density at radius 2 is 1.88 bits per heavy atom. The third-order valence-electron chi connectivity index (χ3n) is 5.25. The first-order valence-corrected chi connectivity index (χ1v) is 10.1. The predicted molar refractivity (Wildman–Crippen MR) is 107 cm³/mol. The van der Waals surface area contributed by atoms with Gasteiger partial charge in [0.1, 0.15) is 11.4 Å². The van der Waals surface area contributed by atoms with E-state index in [1.165, 1.54) is 5.56 Å². The molecule has 0 aliphatic carbocycles. The molecule has 4 nitrogen and oxygen atoms in total. The molecule has 2 heterocycles. The fraction of sp³-hybridized carbons (Fsp3) is 0.381. The quantitative estimate of drug-likeness (QED) is 0.838. The number of rotatable bonds is 4. The molecule has 0 amide bonds. The second-order valence-electron chi connectivity index (χ2n) is 6.79. The maximum Gasteiger partial charge on any atom is 0.316 e. The first-order chi connectivity index (χ1) is 12.7. The van der Waals surface area contributed by atoms with Crippen LogP contribution >= 0.6 is 11.8 Å². The van der Waals surface area contributed by atoms with Gasteiger partial charge < -0.3 is 9.84 Å². The lowest BCUT2D eigenvalue weighted by atomic mass is 10.0. The van der Waals surface area contributed by atoms with Gasteiger partial charge in [0.2, 0.25) is 0 Å². The van der Waals surface area contributed by atoms with E-state index in [1.807, 2.05) is 36.0 Å². The van der Waals surface area contributed by atoms with Crippen molar-refractivity contribution in [2.75, 3.05) is 30.9 Å².